The molecule has 8 heteroatoms. The van der Waals surface area contributed by atoms with E-state index in [0.717, 1.165) is 9.36 Å². The molecule has 1 aliphatic heterocycles. The van der Waals surface area contributed by atoms with Crippen molar-refractivity contribution in [3.8, 4) is 11.4 Å². The molecule has 1 fully saturated rings. The van der Waals surface area contributed by atoms with Crippen LogP contribution in [-0.4, -0.2) is 39.6 Å². The van der Waals surface area contributed by atoms with E-state index in [-0.39, 0.29) is 17.0 Å². The van der Waals surface area contributed by atoms with Gasteiger partial charge in [0.05, 0.1) is 19.8 Å². The van der Waals surface area contributed by atoms with Crippen molar-refractivity contribution in [3.63, 3.8) is 0 Å². The van der Waals surface area contributed by atoms with Crippen LogP contribution >= 0.6 is 0 Å². The van der Waals surface area contributed by atoms with Gasteiger partial charge in [0.1, 0.15) is 17.3 Å². The Morgan fingerprint density at radius 3 is 2.48 bits per heavy atom. The number of ether oxygens (including phenoxy) is 2. The minimum absolute atomic E-state index is 0.107. The molecule has 0 aliphatic carbocycles. The first-order chi connectivity index (χ1) is 11.6. The zero-order chi connectivity index (χ0) is 18.4. The first-order valence-electron chi connectivity index (χ1n) is 8.15. The minimum atomic E-state index is -0.434. The third kappa shape index (κ3) is 3.30. The lowest BCUT2D eigenvalue weighted by Crippen LogP contribution is -2.44. The second kappa shape index (κ2) is 5.94. The summed E-state index contributed by atoms with van der Waals surface area (Å²) in [6, 6.07) is 2.93. The highest BCUT2D eigenvalue weighted by molar-refractivity contribution is 5.50. The first kappa shape index (κ1) is 17.6. The molecule has 0 spiro atoms. The Morgan fingerprint density at radius 2 is 2.00 bits per heavy atom. The van der Waals surface area contributed by atoms with Crippen LogP contribution in [0.2, 0.25) is 0 Å². The van der Waals surface area contributed by atoms with Crippen LogP contribution in [0, 0.1) is 11.2 Å². The molecule has 2 heterocycles. The summed E-state index contributed by atoms with van der Waals surface area (Å²) < 4.78 is 27.9. The molecule has 1 aromatic carbocycles. The summed E-state index contributed by atoms with van der Waals surface area (Å²) in [5, 5.41) is 7.60. The number of hydrogen-bond donors (Lipinski definition) is 0. The zero-order valence-corrected chi connectivity index (χ0v) is 15.2. The van der Waals surface area contributed by atoms with E-state index in [1.807, 2.05) is 27.7 Å². The van der Waals surface area contributed by atoms with Crippen LogP contribution < -0.4 is 10.4 Å². The Labute approximate surface area is 145 Å². The maximum absolute atomic E-state index is 14.6. The Hall–Kier alpha value is -2.22. The number of rotatable bonds is 4. The SMILES string of the molecule is Cn1nnn(-c2cc(C(C)(C)C)c(F)cc2OCC2(C)COC2)c1=O. The number of tetrazole rings is 1. The maximum atomic E-state index is 14.6. The highest BCUT2D eigenvalue weighted by atomic mass is 19.1. The molecule has 0 unspecified atom stereocenters. The van der Waals surface area contributed by atoms with Crippen LogP contribution in [0.4, 0.5) is 4.39 Å². The van der Waals surface area contributed by atoms with Crippen LogP contribution in [0.1, 0.15) is 33.3 Å². The van der Waals surface area contributed by atoms with Crippen LogP contribution in [0.25, 0.3) is 5.69 Å². The molecule has 2 aromatic rings. The van der Waals surface area contributed by atoms with Gasteiger partial charge < -0.3 is 9.47 Å². The number of hydrogen-bond acceptors (Lipinski definition) is 5. The van der Waals surface area contributed by atoms with Crippen molar-refractivity contribution < 1.29 is 13.9 Å². The minimum Gasteiger partial charge on any atom is -0.490 e. The third-order valence-corrected chi connectivity index (χ3v) is 4.28. The Morgan fingerprint density at radius 1 is 1.32 bits per heavy atom. The van der Waals surface area contributed by atoms with Crippen molar-refractivity contribution in [3.05, 3.63) is 34.0 Å². The third-order valence-electron chi connectivity index (χ3n) is 4.28. The molecule has 0 radical (unpaired) electrons. The monoisotopic (exact) mass is 350 g/mol. The van der Waals surface area contributed by atoms with Gasteiger partial charge in [-0.1, -0.05) is 27.7 Å². The summed E-state index contributed by atoms with van der Waals surface area (Å²) in [6.45, 7) is 9.30. The largest absolute Gasteiger partial charge is 0.490 e. The molecule has 25 heavy (non-hydrogen) atoms. The molecular weight excluding hydrogens is 327 g/mol. The predicted octanol–water partition coefficient (Wildman–Crippen LogP) is 1.82. The highest BCUT2D eigenvalue weighted by Gasteiger charge is 2.35. The molecule has 1 saturated heterocycles. The van der Waals surface area contributed by atoms with E-state index in [0.29, 0.717) is 31.1 Å². The van der Waals surface area contributed by atoms with Gasteiger partial charge in [-0.05, 0) is 27.5 Å². The van der Waals surface area contributed by atoms with Crippen LogP contribution in [-0.2, 0) is 17.2 Å². The fourth-order valence-electron chi connectivity index (χ4n) is 2.65. The fraction of sp³-hybridized carbons (Fsp3) is 0.588. The lowest BCUT2D eigenvalue weighted by Gasteiger charge is -2.37. The Balaban J connectivity index is 2.07. The van der Waals surface area contributed by atoms with Gasteiger partial charge in [0, 0.05) is 18.5 Å². The lowest BCUT2D eigenvalue weighted by atomic mass is 9.86. The van der Waals surface area contributed by atoms with Crippen LogP contribution in [0.3, 0.4) is 0 Å². The van der Waals surface area contributed by atoms with Gasteiger partial charge in [0.15, 0.2) is 0 Å². The van der Waals surface area contributed by atoms with Crippen LogP contribution in [0.5, 0.6) is 5.75 Å². The van der Waals surface area contributed by atoms with E-state index in [4.69, 9.17) is 9.47 Å². The number of aryl methyl sites for hydroxylation is 1. The topological polar surface area (TPSA) is 71.2 Å². The average Bonchev–Trinajstić information content (AvgIpc) is 2.82. The van der Waals surface area contributed by atoms with E-state index in [2.05, 4.69) is 10.4 Å². The van der Waals surface area contributed by atoms with Crippen molar-refractivity contribution in [2.45, 2.75) is 33.1 Å². The fourth-order valence-corrected chi connectivity index (χ4v) is 2.65. The smallest absolute Gasteiger partial charge is 0.368 e. The van der Waals surface area contributed by atoms with Gasteiger partial charge in [-0.2, -0.15) is 9.36 Å². The van der Waals surface area contributed by atoms with E-state index in [9.17, 15) is 9.18 Å². The number of aromatic nitrogens is 4. The molecule has 1 aromatic heterocycles. The molecule has 0 N–H and O–H groups in total. The molecule has 1 aliphatic rings. The molecule has 3 rings (SSSR count). The highest BCUT2D eigenvalue weighted by Crippen LogP contribution is 2.34. The summed E-state index contributed by atoms with van der Waals surface area (Å²) in [6.07, 6.45) is 0. The van der Waals surface area contributed by atoms with Crippen molar-refractivity contribution in [1.29, 1.82) is 0 Å². The second-order valence-electron chi connectivity index (χ2n) is 7.94. The molecule has 0 atom stereocenters. The summed E-state index contributed by atoms with van der Waals surface area (Å²) in [5.74, 6) is -0.112. The van der Waals surface area contributed by atoms with Gasteiger partial charge in [0.2, 0.25) is 0 Å². The Kier molecular flexibility index (Phi) is 4.18. The maximum Gasteiger partial charge on any atom is 0.368 e. The first-order valence-corrected chi connectivity index (χ1v) is 8.15. The molecule has 0 bridgehead atoms. The van der Waals surface area contributed by atoms with Crippen molar-refractivity contribution >= 4 is 0 Å². The van der Waals surface area contributed by atoms with E-state index >= 15 is 0 Å². The van der Waals surface area contributed by atoms with Crippen molar-refractivity contribution in [1.82, 2.24) is 19.8 Å². The quantitative estimate of drug-likeness (QED) is 0.841. The van der Waals surface area contributed by atoms with Crippen molar-refractivity contribution in [2.75, 3.05) is 19.8 Å². The summed E-state index contributed by atoms with van der Waals surface area (Å²) >= 11 is 0. The molecule has 0 saturated carbocycles. The van der Waals surface area contributed by atoms with Crippen LogP contribution in [0.15, 0.2) is 16.9 Å². The molecule has 136 valence electrons. The molecule has 7 nitrogen and oxygen atoms in total. The van der Waals surface area contributed by atoms with Gasteiger partial charge in [-0.3, -0.25) is 0 Å². The zero-order valence-electron chi connectivity index (χ0n) is 15.2. The van der Waals surface area contributed by atoms with Gasteiger partial charge >= 0.3 is 5.69 Å². The number of benzene rings is 1. The Bertz CT molecular complexity index is 847. The van der Waals surface area contributed by atoms with Crippen molar-refractivity contribution in [2.24, 2.45) is 12.5 Å². The van der Waals surface area contributed by atoms with Gasteiger partial charge in [0.25, 0.3) is 0 Å². The normalized spacial score (nSPS) is 16.6. The standard InChI is InChI=1S/C17H23FN4O3/c1-16(2,3)11-6-13(22-15(23)21(5)19-20-22)14(7-12(11)18)25-10-17(4)8-24-9-17/h6-7H,8-10H2,1-5H3. The number of halogens is 1. The molecule has 0 amide bonds. The van der Waals surface area contributed by atoms with E-state index < -0.39 is 11.1 Å². The molecular formula is C17H23FN4O3. The summed E-state index contributed by atoms with van der Waals surface area (Å²) in [4.78, 5) is 12.3. The lowest BCUT2D eigenvalue weighted by molar-refractivity contribution is -0.120. The van der Waals surface area contributed by atoms with Gasteiger partial charge in [-0.15, -0.1) is 0 Å². The van der Waals surface area contributed by atoms with Gasteiger partial charge in [-0.25, -0.2) is 9.18 Å². The van der Waals surface area contributed by atoms with E-state index in [1.165, 1.54) is 13.1 Å². The van der Waals surface area contributed by atoms with E-state index in [1.54, 1.807) is 6.07 Å². The summed E-state index contributed by atoms with van der Waals surface area (Å²) in [7, 11) is 1.51. The predicted molar refractivity (Wildman–Crippen MR) is 89.7 cm³/mol. The summed E-state index contributed by atoms with van der Waals surface area (Å²) in [5.41, 5.74) is -0.103. The second-order valence-corrected chi connectivity index (χ2v) is 7.94. The average molecular weight is 350 g/mol. The number of nitrogens with zero attached hydrogens (tertiary/aromatic N) is 4.